The maximum Gasteiger partial charge on any atom is 0.374 e. The number of ether oxygens (including phenoxy) is 1. The van der Waals surface area contributed by atoms with Crippen molar-refractivity contribution in [2.75, 3.05) is 13.7 Å². The number of halogens is 1. The van der Waals surface area contributed by atoms with Gasteiger partial charge in [0.1, 0.15) is 11.6 Å². The summed E-state index contributed by atoms with van der Waals surface area (Å²) in [6.07, 6.45) is 0. The summed E-state index contributed by atoms with van der Waals surface area (Å²) in [6, 6.07) is 14.6. The van der Waals surface area contributed by atoms with Crippen molar-refractivity contribution in [2.24, 2.45) is 0 Å². The molecule has 9 heteroatoms. The number of esters is 1. The van der Waals surface area contributed by atoms with Gasteiger partial charge in [-0.1, -0.05) is 18.2 Å². The average molecular weight is 412 g/mol. The number of hydrogen-bond acceptors (Lipinski definition) is 6. The van der Waals surface area contributed by atoms with E-state index in [0.717, 1.165) is 0 Å². The standard InChI is InChI=1S/C21H17FN2O6/c1-23(12-15-4-2-3-5-17(15)22)20(25)13-29-21(26)19-11-10-18(30-19)14-6-8-16(9-7-14)24(27)28/h2-11H,12-13H2,1H3. The Morgan fingerprint density at radius 1 is 1.10 bits per heavy atom. The van der Waals surface area contributed by atoms with Crippen molar-refractivity contribution >= 4 is 17.6 Å². The van der Waals surface area contributed by atoms with Crippen LogP contribution in [-0.4, -0.2) is 35.4 Å². The van der Waals surface area contributed by atoms with Gasteiger partial charge in [0.25, 0.3) is 11.6 Å². The molecule has 0 saturated carbocycles. The largest absolute Gasteiger partial charge is 0.450 e. The smallest absolute Gasteiger partial charge is 0.374 e. The number of hydrogen-bond donors (Lipinski definition) is 0. The van der Waals surface area contributed by atoms with E-state index in [-0.39, 0.29) is 18.0 Å². The fourth-order valence-electron chi connectivity index (χ4n) is 2.63. The Labute approximate surface area is 170 Å². The molecule has 30 heavy (non-hydrogen) atoms. The molecule has 154 valence electrons. The summed E-state index contributed by atoms with van der Waals surface area (Å²) < 4.78 is 24.1. The van der Waals surface area contributed by atoms with E-state index in [4.69, 9.17) is 9.15 Å². The van der Waals surface area contributed by atoms with E-state index in [1.165, 1.54) is 54.4 Å². The maximum atomic E-state index is 13.7. The Kier molecular flexibility index (Phi) is 6.21. The summed E-state index contributed by atoms with van der Waals surface area (Å²) in [5.41, 5.74) is 0.821. The summed E-state index contributed by atoms with van der Waals surface area (Å²) in [4.78, 5) is 35.7. The van der Waals surface area contributed by atoms with Gasteiger partial charge in [-0.15, -0.1) is 0 Å². The normalized spacial score (nSPS) is 10.5. The molecule has 2 aromatic carbocycles. The van der Waals surface area contributed by atoms with Gasteiger partial charge in [-0.2, -0.15) is 0 Å². The molecule has 8 nitrogen and oxygen atoms in total. The Balaban J connectivity index is 1.56. The molecule has 1 heterocycles. The Morgan fingerprint density at radius 2 is 1.80 bits per heavy atom. The van der Waals surface area contributed by atoms with E-state index in [1.807, 2.05) is 0 Å². The lowest BCUT2D eigenvalue weighted by molar-refractivity contribution is -0.384. The molecule has 1 amide bonds. The second kappa shape index (κ2) is 8.99. The summed E-state index contributed by atoms with van der Waals surface area (Å²) >= 11 is 0. The highest BCUT2D eigenvalue weighted by Crippen LogP contribution is 2.24. The van der Waals surface area contributed by atoms with Gasteiger partial charge in [0.05, 0.1) is 4.92 Å². The molecule has 0 unspecified atom stereocenters. The van der Waals surface area contributed by atoms with Crippen LogP contribution in [0.5, 0.6) is 0 Å². The molecule has 0 radical (unpaired) electrons. The summed E-state index contributed by atoms with van der Waals surface area (Å²) in [6.45, 7) is -0.495. The molecule has 3 rings (SSSR count). The highest BCUT2D eigenvalue weighted by molar-refractivity contribution is 5.89. The predicted molar refractivity (Wildman–Crippen MR) is 104 cm³/mol. The number of nitro benzene ring substituents is 1. The lowest BCUT2D eigenvalue weighted by Gasteiger charge is -2.17. The van der Waals surface area contributed by atoms with Gasteiger partial charge >= 0.3 is 5.97 Å². The Bertz CT molecular complexity index is 1080. The van der Waals surface area contributed by atoms with Gasteiger partial charge < -0.3 is 14.1 Å². The van der Waals surface area contributed by atoms with Crippen LogP contribution >= 0.6 is 0 Å². The molecule has 0 aliphatic rings. The van der Waals surface area contributed by atoms with E-state index in [0.29, 0.717) is 16.9 Å². The van der Waals surface area contributed by atoms with Gasteiger partial charge in [-0.3, -0.25) is 14.9 Å². The number of likely N-dealkylation sites (N-methyl/N-ethyl adjacent to an activating group) is 1. The van der Waals surface area contributed by atoms with Crippen molar-refractivity contribution in [3.63, 3.8) is 0 Å². The van der Waals surface area contributed by atoms with Crippen molar-refractivity contribution in [2.45, 2.75) is 6.54 Å². The molecule has 0 bridgehead atoms. The SMILES string of the molecule is CN(Cc1ccccc1F)C(=O)COC(=O)c1ccc(-c2ccc([N+](=O)[O-])cc2)o1. The van der Waals surface area contributed by atoms with E-state index < -0.39 is 29.2 Å². The van der Waals surface area contributed by atoms with Crippen LogP contribution in [0.1, 0.15) is 16.1 Å². The number of furan rings is 1. The molecular weight excluding hydrogens is 395 g/mol. The number of carbonyl (C=O) groups is 2. The number of nitro groups is 1. The van der Waals surface area contributed by atoms with E-state index in [1.54, 1.807) is 18.2 Å². The third kappa shape index (κ3) is 4.88. The van der Waals surface area contributed by atoms with Crippen molar-refractivity contribution in [1.29, 1.82) is 0 Å². The molecular formula is C21H17FN2O6. The van der Waals surface area contributed by atoms with Gasteiger partial charge in [0, 0.05) is 36.9 Å². The van der Waals surface area contributed by atoms with Crippen LogP contribution in [0.2, 0.25) is 0 Å². The molecule has 0 aliphatic heterocycles. The van der Waals surface area contributed by atoms with Crippen molar-refractivity contribution in [3.8, 4) is 11.3 Å². The van der Waals surface area contributed by atoms with Crippen LogP contribution in [-0.2, 0) is 16.1 Å². The summed E-state index contributed by atoms with van der Waals surface area (Å²) in [7, 11) is 1.47. The van der Waals surface area contributed by atoms with Crippen LogP contribution in [0.25, 0.3) is 11.3 Å². The van der Waals surface area contributed by atoms with Crippen molar-refractivity contribution < 1.29 is 28.1 Å². The number of benzene rings is 2. The number of non-ortho nitro benzene ring substituents is 1. The van der Waals surface area contributed by atoms with Crippen LogP contribution in [0.3, 0.4) is 0 Å². The second-order valence-electron chi connectivity index (χ2n) is 6.39. The Hall–Kier alpha value is -4.01. The number of rotatable bonds is 7. The third-order valence-corrected chi connectivity index (χ3v) is 4.29. The first kappa shape index (κ1) is 20.7. The van der Waals surface area contributed by atoms with E-state index in [2.05, 4.69) is 0 Å². The molecule has 0 fully saturated rings. The van der Waals surface area contributed by atoms with E-state index in [9.17, 15) is 24.1 Å². The van der Waals surface area contributed by atoms with Crippen LogP contribution < -0.4 is 0 Å². The molecule has 0 spiro atoms. The molecule has 0 N–H and O–H groups in total. The van der Waals surface area contributed by atoms with Gasteiger partial charge in [0.15, 0.2) is 6.61 Å². The zero-order valence-electron chi connectivity index (χ0n) is 15.9. The number of nitrogens with zero attached hydrogens (tertiary/aromatic N) is 2. The number of amides is 1. The zero-order chi connectivity index (χ0) is 21.7. The maximum absolute atomic E-state index is 13.7. The minimum Gasteiger partial charge on any atom is -0.450 e. The molecule has 0 saturated heterocycles. The lowest BCUT2D eigenvalue weighted by atomic mass is 10.1. The Morgan fingerprint density at radius 3 is 2.47 bits per heavy atom. The van der Waals surface area contributed by atoms with Crippen molar-refractivity contribution in [1.82, 2.24) is 4.90 Å². The van der Waals surface area contributed by atoms with Crippen LogP contribution in [0.4, 0.5) is 10.1 Å². The molecule has 0 atom stereocenters. The molecule has 1 aromatic heterocycles. The first-order valence-electron chi connectivity index (χ1n) is 8.84. The minimum atomic E-state index is -0.837. The van der Waals surface area contributed by atoms with Crippen LogP contribution in [0, 0.1) is 15.9 Å². The fraction of sp³-hybridized carbons (Fsp3) is 0.143. The third-order valence-electron chi connectivity index (χ3n) is 4.29. The second-order valence-corrected chi connectivity index (χ2v) is 6.39. The fourth-order valence-corrected chi connectivity index (χ4v) is 2.63. The highest BCUT2D eigenvalue weighted by Gasteiger charge is 2.18. The van der Waals surface area contributed by atoms with Gasteiger partial charge in [-0.25, -0.2) is 9.18 Å². The monoisotopic (exact) mass is 412 g/mol. The summed E-state index contributed by atoms with van der Waals surface area (Å²) in [5.74, 6) is -1.57. The van der Waals surface area contributed by atoms with Gasteiger partial charge in [0.2, 0.25) is 5.76 Å². The predicted octanol–water partition coefficient (Wildman–Crippen LogP) is 3.81. The average Bonchev–Trinajstić information content (AvgIpc) is 3.23. The topological polar surface area (TPSA) is 103 Å². The van der Waals surface area contributed by atoms with Crippen molar-refractivity contribution in [3.05, 3.63) is 87.9 Å². The van der Waals surface area contributed by atoms with E-state index >= 15 is 0 Å². The first-order valence-corrected chi connectivity index (χ1v) is 8.84. The number of carbonyl (C=O) groups excluding carboxylic acids is 2. The lowest BCUT2D eigenvalue weighted by Crippen LogP contribution is -2.31. The van der Waals surface area contributed by atoms with Crippen LogP contribution in [0.15, 0.2) is 65.1 Å². The van der Waals surface area contributed by atoms with Gasteiger partial charge in [-0.05, 0) is 30.3 Å². The quantitative estimate of drug-likeness (QED) is 0.332. The molecule has 3 aromatic rings. The minimum absolute atomic E-state index is 0.0358. The first-order chi connectivity index (χ1) is 14.3. The molecule has 0 aliphatic carbocycles. The highest BCUT2D eigenvalue weighted by atomic mass is 19.1. The zero-order valence-corrected chi connectivity index (χ0v) is 15.9. The summed E-state index contributed by atoms with van der Waals surface area (Å²) in [5, 5.41) is 10.7.